The molecule has 0 radical (unpaired) electrons. The van der Waals surface area contributed by atoms with E-state index < -0.39 is 4.75 Å². The Balaban J connectivity index is 2.84. The molecular formula is C23H31FN4S. The lowest BCUT2D eigenvalue weighted by atomic mass is 9.90. The SMILES string of the molecule is Cc1cc(C(C)C)c(N=C(N=NN)c2ccccc2C(C)(C)SF)c(C(C)C)c1. The Morgan fingerprint density at radius 3 is 2.07 bits per heavy atom. The largest absolute Gasteiger partial charge is 0.305 e. The van der Waals surface area contributed by atoms with Gasteiger partial charge < -0.3 is 5.84 Å². The van der Waals surface area contributed by atoms with Crippen molar-refractivity contribution in [1.29, 1.82) is 0 Å². The van der Waals surface area contributed by atoms with Gasteiger partial charge >= 0.3 is 0 Å². The van der Waals surface area contributed by atoms with E-state index in [2.05, 4.69) is 57.1 Å². The normalized spacial score (nSPS) is 13.1. The smallest absolute Gasteiger partial charge is 0.184 e. The summed E-state index contributed by atoms with van der Waals surface area (Å²) < 4.78 is 12.9. The van der Waals surface area contributed by atoms with E-state index in [1.165, 1.54) is 5.56 Å². The monoisotopic (exact) mass is 414 g/mol. The lowest BCUT2D eigenvalue weighted by Gasteiger charge is -2.23. The molecule has 0 aliphatic carbocycles. The summed E-state index contributed by atoms with van der Waals surface area (Å²) in [6.45, 7) is 14.4. The van der Waals surface area contributed by atoms with Gasteiger partial charge in [0.05, 0.1) is 22.6 Å². The first-order valence-electron chi connectivity index (χ1n) is 9.86. The maximum atomic E-state index is 13.7. The fourth-order valence-corrected chi connectivity index (χ4v) is 3.65. The number of benzene rings is 2. The number of nitrogens with zero attached hydrogens (tertiary/aromatic N) is 3. The molecule has 0 amide bonds. The van der Waals surface area contributed by atoms with Crippen LogP contribution in [0.15, 0.2) is 51.7 Å². The summed E-state index contributed by atoms with van der Waals surface area (Å²) in [6, 6.07) is 11.9. The van der Waals surface area contributed by atoms with Crippen LogP contribution < -0.4 is 5.84 Å². The molecule has 4 nitrogen and oxygen atoms in total. The van der Waals surface area contributed by atoms with Crippen molar-refractivity contribution in [2.75, 3.05) is 0 Å². The lowest BCUT2D eigenvalue weighted by Crippen LogP contribution is -2.16. The Bertz CT molecular complexity index is 888. The Hall–Kier alpha value is -2.21. The van der Waals surface area contributed by atoms with E-state index in [1.807, 2.05) is 38.1 Å². The van der Waals surface area contributed by atoms with Crippen LogP contribution in [0.2, 0.25) is 0 Å². The van der Waals surface area contributed by atoms with Crippen molar-refractivity contribution < 1.29 is 3.89 Å². The van der Waals surface area contributed by atoms with Crippen molar-refractivity contribution in [3.05, 3.63) is 64.2 Å². The molecule has 2 aromatic rings. The average Bonchev–Trinajstić information content (AvgIpc) is 2.68. The van der Waals surface area contributed by atoms with Crippen molar-refractivity contribution in [2.45, 2.75) is 65.0 Å². The highest BCUT2D eigenvalue weighted by Crippen LogP contribution is 2.40. The number of aliphatic imine (C=N–C) groups is 1. The lowest BCUT2D eigenvalue weighted by molar-refractivity contribution is 0.740. The average molecular weight is 415 g/mol. The molecule has 0 bridgehead atoms. The molecule has 2 N–H and O–H groups in total. The van der Waals surface area contributed by atoms with E-state index in [0.717, 1.165) is 27.9 Å². The third kappa shape index (κ3) is 5.24. The molecule has 0 aromatic heterocycles. The van der Waals surface area contributed by atoms with Crippen molar-refractivity contribution in [1.82, 2.24) is 0 Å². The van der Waals surface area contributed by atoms with Gasteiger partial charge in [0, 0.05) is 5.56 Å². The molecule has 0 heterocycles. The maximum absolute atomic E-state index is 13.7. The molecule has 0 atom stereocenters. The zero-order valence-corrected chi connectivity index (χ0v) is 19.1. The molecule has 0 saturated heterocycles. The fraction of sp³-hybridized carbons (Fsp3) is 0.435. The molecule has 2 aromatic carbocycles. The Morgan fingerprint density at radius 2 is 1.59 bits per heavy atom. The minimum absolute atomic E-state index is 0.287. The van der Waals surface area contributed by atoms with Crippen molar-refractivity contribution in [3.8, 4) is 0 Å². The molecular weight excluding hydrogens is 383 g/mol. The van der Waals surface area contributed by atoms with Crippen LogP contribution in [0.3, 0.4) is 0 Å². The van der Waals surface area contributed by atoms with Crippen LogP contribution in [-0.2, 0) is 4.75 Å². The van der Waals surface area contributed by atoms with Gasteiger partial charge in [-0.3, -0.25) is 0 Å². The van der Waals surface area contributed by atoms with Gasteiger partial charge in [0.15, 0.2) is 5.84 Å². The van der Waals surface area contributed by atoms with Crippen LogP contribution in [0.1, 0.15) is 81.2 Å². The minimum Gasteiger partial charge on any atom is -0.305 e. The maximum Gasteiger partial charge on any atom is 0.184 e. The number of rotatable bonds is 6. The first-order valence-corrected chi connectivity index (χ1v) is 10.6. The molecule has 156 valence electrons. The standard InChI is InChI=1S/C23H31FN4S/c1-14(2)18-12-16(5)13-19(15(3)4)21(18)26-22(27-28-25)17-10-8-9-11-20(17)23(6,7)29-24/h8-15H,1-7H3,(H2,25,26,27). The Morgan fingerprint density at radius 1 is 1.03 bits per heavy atom. The highest BCUT2D eigenvalue weighted by Gasteiger charge is 2.27. The highest BCUT2D eigenvalue weighted by atomic mass is 32.2. The number of hydrogen-bond donors (Lipinski definition) is 1. The molecule has 0 spiro atoms. The van der Waals surface area contributed by atoms with E-state index in [0.29, 0.717) is 18.0 Å². The minimum atomic E-state index is -0.753. The van der Waals surface area contributed by atoms with Crippen molar-refractivity contribution in [2.24, 2.45) is 21.2 Å². The molecule has 0 aliphatic heterocycles. The van der Waals surface area contributed by atoms with Crippen LogP contribution in [0, 0.1) is 6.92 Å². The second-order valence-corrected chi connectivity index (χ2v) is 9.56. The van der Waals surface area contributed by atoms with E-state index in [4.69, 9.17) is 10.8 Å². The summed E-state index contributed by atoms with van der Waals surface area (Å²) in [6.07, 6.45) is 0. The van der Waals surface area contributed by atoms with Crippen LogP contribution >= 0.6 is 12.1 Å². The first kappa shape index (κ1) is 23.1. The van der Waals surface area contributed by atoms with Crippen LogP contribution in [0.4, 0.5) is 9.57 Å². The van der Waals surface area contributed by atoms with Gasteiger partial charge in [0.2, 0.25) is 0 Å². The number of nitrogens with two attached hydrogens (primary N) is 1. The van der Waals surface area contributed by atoms with E-state index in [-0.39, 0.29) is 11.8 Å². The molecule has 0 aliphatic rings. The topological polar surface area (TPSA) is 63.1 Å². The number of hydrogen-bond acceptors (Lipinski definition) is 3. The molecule has 6 heteroatoms. The molecule has 0 fully saturated rings. The van der Waals surface area contributed by atoms with E-state index in [1.54, 1.807) is 0 Å². The second kappa shape index (κ2) is 9.53. The Kier molecular flexibility index (Phi) is 7.58. The van der Waals surface area contributed by atoms with Gasteiger partial charge in [-0.05, 0) is 49.3 Å². The van der Waals surface area contributed by atoms with Gasteiger partial charge in [0.1, 0.15) is 0 Å². The van der Waals surface area contributed by atoms with Crippen LogP contribution in [0.25, 0.3) is 0 Å². The third-order valence-electron chi connectivity index (χ3n) is 4.94. The molecule has 2 rings (SSSR count). The predicted molar refractivity (Wildman–Crippen MR) is 123 cm³/mol. The number of aryl methyl sites for hydroxylation is 1. The zero-order valence-electron chi connectivity index (χ0n) is 18.3. The van der Waals surface area contributed by atoms with Gasteiger partial charge in [-0.25, -0.2) is 4.99 Å². The van der Waals surface area contributed by atoms with E-state index >= 15 is 0 Å². The predicted octanol–water partition coefficient (Wildman–Crippen LogP) is 7.50. The van der Waals surface area contributed by atoms with Gasteiger partial charge in [0.25, 0.3) is 0 Å². The summed E-state index contributed by atoms with van der Waals surface area (Å²) in [5.74, 6) is 6.39. The second-order valence-electron chi connectivity index (χ2n) is 8.39. The summed E-state index contributed by atoms with van der Waals surface area (Å²) in [4.78, 5) is 4.96. The van der Waals surface area contributed by atoms with Gasteiger partial charge in [-0.2, -0.15) is 3.89 Å². The van der Waals surface area contributed by atoms with Crippen molar-refractivity contribution in [3.63, 3.8) is 0 Å². The molecule has 29 heavy (non-hydrogen) atoms. The van der Waals surface area contributed by atoms with Gasteiger partial charge in [-0.15, -0.1) is 5.11 Å². The summed E-state index contributed by atoms with van der Waals surface area (Å²) in [5.41, 5.74) is 5.91. The zero-order chi connectivity index (χ0) is 21.8. The fourth-order valence-electron chi connectivity index (χ4n) is 3.39. The highest BCUT2D eigenvalue weighted by molar-refractivity contribution is 7.95. The molecule has 0 unspecified atom stereocenters. The van der Waals surface area contributed by atoms with Crippen molar-refractivity contribution >= 4 is 23.7 Å². The summed E-state index contributed by atoms with van der Waals surface area (Å²) >= 11 is 0.296. The van der Waals surface area contributed by atoms with Crippen LogP contribution in [-0.4, -0.2) is 5.84 Å². The first-order chi connectivity index (χ1) is 13.6. The van der Waals surface area contributed by atoms with Crippen LogP contribution in [0.5, 0.6) is 0 Å². The summed E-state index contributed by atoms with van der Waals surface area (Å²) in [7, 11) is 0. The summed E-state index contributed by atoms with van der Waals surface area (Å²) in [5, 5.41) is 7.66. The van der Waals surface area contributed by atoms with E-state index in [9.17, 15) is 3.89 Å². The number of halogens is 1. The third-order valence-corrected chi connectivity index (χ3v) is 5.54. The Labute approximate surface area is 178 Å². The quantitative estimate of drug-likeness (QED) is 0.175. The molecule has 0 saturated carbocycles. The van der Waals surface area contributed by atoms with Gasteiger partial charge in [-0.1, -0.05) is 74.9 Å². The number of amidine groups is 1.